The minimum absolute atomic E-state index is 0.0924. The Morgan fingerprint density at radius 2 is 1.63 bits per heavy atom. The van der Waals surface area contributed by atoms with Gasteiger partial charge in [-0.1, -0.05) is 40.4 Å². The number of amides is 1. The fraction of sp³-hybridized carbons (Fsp3) is 0.316. The van der Waals surface area contributed by atoms with Crippen LogP contribution in [0.4, 0.5) is 5.69 Å². The third-order valence-corrected chi connectivity index (χ3v) is 7.24. The number of rotatable bonds is 4. The van der Waals surface area contributed by atoms with E-state index < -0.39 is 15.9 Å². The maximum Gasteiger partial charge on any atom is 0.257 e. The van der Waals surface area contributed by atoms with Crippen molar-refractivity contribution < 1.29 is 13.2 Å². The minimum Gasteiger partial charge on any atom is -0.322 e. The van der Waals surface area contributed by atoms with Gasteiger partial charge in [-0.15, -0.1) is 0 Å². The molecule has 8 heteroatoms. The smallest absolute Gasteiger partial charge is 0.257 e. The molecule has 1 aliphatic heterocycles. The summed E-state index contributed by atoms with van der Waals surface area (Å²) in [4.78, 5) is 12.7. The van der Waals surface area contributed by atoms with Gasteiger partial charge in [0.1, 0.15) is 0 Å². The number of benzene rings is 2. The van der Waals surface area contributed by atoms with Gasteiger partial charge in [-0.05, 0) is 55.3 Å². The Hall–Kier alpha value is -1.41. The van der Waals surface area contributed by atoms with Gasteiger partial charge in [-0.3, -0.25) is 4.79 Å². The summed E-state index contributed by atoms with van der Waals surface area (Å²) in [7, 11) is -3.65. The summed E-state index contributed by atoms with van der Waals surface area (Å²) in [6.45, 7) is 1.01. The summed E-state index contributed by atoms with van der Waals surface area (Å²) >= 11 is 9.51. The maximum absolute atomic E-state index is 13.0. The molecule has 27 heavy (non-hydrogen) atoms. The van der Waals surface area contributed by atoms with Gasteiger partial charge in [-0.25, -0.2) is 8.42 Å². The Bertz CT molecular complexity index is 924. The van der Waals surface area contributed by atoms with E-state index in [2.05, 4.69) is 21.2 Å². The zero-order valence-corrected chi connectivity index (χ0v) is 17.8. The van der Waals surface area contributed by atoms with Crippen molar-refractivity contribution in [3.8, 4) is 0 Å². The van der Waals surface area contributed by atoms with E-state index in [1.807, 2.05) is 0 Å². The van der Waals surface area contributed by atoms with Crippen LogP contribution in [0.1, 0.15) is 36.0 Å². The van der Waals surface area contributed by atoms with Crippen molar-refractivity contribution in [2.24, 2.45) is 0 Å². The van der Waals surface area contributed by atoms with Crippen LogP contribution in [0.3, 0.4) is 0 Å². The van der Waals surface area contributed by atoms with E-state index in [0.717, 1.165) is 30.2 Å². The van der Waals surface area contributed by atoms with Crippen LogP contribution in [0.5, 0.6) is 0 Å². The molecule has 2 aromatic rings. The summed E-state index contributed by atoms with van der Waals surface area (Å²) in [6, 6.07) is 11.4. The number of carbonyl (C=O) groups is 1. The molecule has 0 saturated carbocycles. The van der Waals surface area contributed by atoms with Crippen LogP contribution in [0, 0.1) is 0 Å². The fourth-order valence-electron chi connectivity index (χ4n) is 3.00. The van der Waals surface area contributed by atoms with Crippen molar-refractivity contribution in [1.82, 2.24) is 4.31 Å². The Balaban J connectivity index is 1.86. The monoisotopic (exact) mass is 470 g/mol. The highest BCUT2D eigenvalue weighted by atomic mass is 79.9. The van der Waals surface area contributed by atoms with Crippen LogP contribution >= 0.6 is 27.5 Å². The molecule has 3 rings (SSSR count). The third kappa shape index (κ3) is 4.90. The first kappa shape index (κ1) is 20.3. The Morgan fingerprint density at radius 1 is 1.00 bits per heavy atom. The van der Waals surface area contributed by atoms with Crippen molar-refractivity contribution in [3.63, 3.8) is 0 Å². The lowest BCUT2D eigenvalue weighted by molar-refractivity contribution is 0.102. The lowest BCUT2D eigenvalue weighted by atomic mass is 10.2. The number of hydrogen-bond donors (Lipinski definition) is 1. The number of nitrogens with one attached hydrogen (secondary N) is 1. The van der Waals surface area contributed by atoms with Crippen LogP contribution < -0.4 is 5.32 Å². The molecule has 0 spiro atoms. The van der Waals surface area contributed by atoms with Crippen LogP contribution in [0.2, 0.25) is 5.02 Å². The zero-order valence-electron chi connectivity index (χ0n) is 14.6. The van der Waals surface area contributed by atoms with E-state index in [9.17, 15) is 13.2 Å². The van der Waals surface area contributed by atoms with Crippen LogP contribution in [-0.4, -0.2) is 31.7 Å². The zero-order chi connectivity index (χ0) is 19.4. The topological polar surface area (TPSA) is 66.5 Å². The summed E-state index contributed by atoms with van der Waals surface area (Å²) < 4.78 is 28.3. The molecule has 0 aromatic heterocycles. The predicted octanol–water partition coefficient (Wildman–Crippen LogP) is 4.92. The van der Waals surface area contributed by atoms with Crippen LogP contribution in [0.25, 0.3) is 0 Å². The number of carbonyl (C=O) groups excluding carboxylic acids is 1. The van der Waals surface area contributed by atoms with Gasteiger partial charge < -0.3 is 5.32 Å². The van der Waals surface area contributed by atoms with E-state index in [0.29, 0.717) is 18.8 Å². The van der Waals surface area contributed by atoms with E-state index in [-0.39, 0.29) is 15.5 Å². The van der Waals surface area contributed by atoms with Crippen molar-refractivity contribution >= 4 is 49.1 Å². The SMILES string of the molecule is O=C(Nc1ccc(Br)cc1)c1cc(S(=O)(=O)N2CCCCCC2)ccc1Cl. The summed E-state index contributed by atoms with van der Waals surface area (Å²) in [5, 5.41) is 2.95. The van der Waals surface area contributed by atoms with Crippen LogP contribution in [0.15, 0.2) is 51.8 Å². The lowest BCUT2D eigenvalue weighted by Crippen LogP contribution is -2.32. The van der Waals surface area contributed by atoms with Crippen molar-refractivity contribution in [3.05, 3.63) is 57.5 Å². The molecule has 1 saturated heterocycles. The molecule has 0 radical (unpaired) electrons. The Kier molecular flexibility index (Phi) is 6.57. The molecular weight excluding hydrogens is 452 g/mol. The first-order chi connectivity index (χ1) is 12.9. The molecular formula is C19H20BrClN2O3S. The molecule has 2 aromatic carbocycles. The van der Waals surface area contributed by atoms with Gasteiger partial charge in [0.2, 0.25) is 10.0 Å². The van der Waals surface area contributed by atoms with Gasteiger partial charge in [0.15, 0.2) is 0 Å². The molecule has 0 bridgehead atoms. The number of sulfonamides is 1. The first-order valence-corrected chi connectivity index (χ1v) is 11.4. The van der Waals surface area contributed by atoms with Gasteiger partial charge in [0.05, 0.1) is 15.5 Å². The summed E-state index contributed by atoms with van der Waals surface area (Å²) in [6.07, 6.45) is 3.77. The van der Waals surface area contributed by atoms with Crippen molar-refractivity contribution in [2.75, 3.05) is 18.4 Å². The summed E-state index contributed by atoms with van der Waals surface area (Å²) in [5.41, 5.74) is 0.732. The van der Waals surface area contributed by atoms with Gasteiger partial charge in [0, 0.05) is 23.2 Å². The van der Waals surface area contributed by atoms with E-state index >= 15 is 0 Å². The quantitative estimate of drug-likeness (QED) is 0.688. The standard InChI is InChI=1S/C19H20BrClN2O3S/c20-14-5-7-15(8-6-14)22-19(24)17-13-16(9-10-18(17)21)27(25,26)23-11-3-1-2-4-12-23/h5-10,13H,1-4,11-12H2,(H,22,24). The number of hydrogen-bond acceptors (Lipinski definition) is 3. The third-order valence-electron chi connectivity index (χ3n) is 4.49. The average Bonchev–Trinajstić information content (AvgIpc) is 2.94. The molecule has 0 unspecified atom stereocenters. The largest absolute Gasteiger partial charge is 0.322 e. The number of halogens is 2. The second-order valence-corrected chi connectivity index (χ2v) is 9.68. The molecule has 0 aliphatic carbocycles. The molecule has 1 N–H and O–H groups in total. The maximum atomic E-state index is 13.0. The molecule has 1 aliphatic rings. The molecule has 0 atom stereocenters. The average molecular weight is 472 g/mol. The van der Waals surface area contributed by atoms with Gasteiger partial charge in [0.25, 0.3) is 5.91 Å². The second kappa shape index (κ2) is 8.73. The highest BCUT2D eigenvalue weighted by molar-refractivity contribution is 9.10. The lowest BCUT2D eigenvalue weighted by Gasteiger charge is -2.20. The van der Waals surface area contributed by atoms with E-state index in [4.69, 9.17) is 11.6 Å². The Labute approximate surface area is 172 Å². The fourth-order valence-corrected chi connectivity index (χ4v) is 5.01. The summed E-state index contributed by atoms with van der Waals surface area (Å²) in [5.74, 6) is -0.449. The Morgan fingerprint density at radius 3 is 2.26 bits per heavy atom. The van der Waals surface area contributed by atoms with E-state index in [1.165, 1.54) is 22.5 Å². The number of nitrogens with zero attached hydrogens (tertiary/aromatic N) is 1. The molecule has 1 amide bonds. The van der Waals surface area contributed by atoms with Gasteiger partial charge in [-0.2, -0.15) is 4.31 Å². The van der Waals surface area contributed by atoms with Crippen molar-refractivity contribution in [1.29, 1.82) is 0 Å². The highest BCUT2D eigenvalue weighted by Gasteiger charge is 2.26. The molecule has 1 heterocycles. The van der Waals surface area contributed by atoms with E-state index in [1.54, 1.807) is 24.3 Å². The first-order valence-electron chi connectivity index (χ1n) is 8.74. The normalized spacial score (nSPS) is 15.9. The molecule has 1 fully saturated rings. The predicted molar refractivity (Wildman–Crippen MR) is 111 cm³/mol. The minimum atomic E-state index is -3.65. The number of anilines is 1. The van der Waals surface area contributed by atoms with Gasteiger partial charge >= 0.3 is 0 Å². The molecule has 5 nitrogen and oxygen atoms in total. The van der Waals surface area contributed by atoms with Crippen molar-refractivity contribution in [2.45, 2.75) is 30.6 Å². The highest BCUT2D eigenvalue weighted by Crippen LogP contribution is 2.26. The molecule has 144 valence electrons. The van der Waals surface area contributed by atoms with Crippen LogP contribution in [-0.2, 0) is 10.0 Å². The second-order valence-electron chi connectivity index (χ2n) is 6.42.